The van der Waals surface area contributed by atoms with Crippen LogP contribution in [-0.4, -0.2) is 22.1 Å². The van der Waals surface area contributed by atoms with Gasteiger partial charge in [-0.25, -0.2) is 4.79 Å². The normalized spacial score (nSPS) is 15.9. The topological polar surface area (TPSA) is 83.8 Å². The molecule has 5 nitrogen and oxygen atoms in total. The van der Waals surface area contributed by atoms with Gasteiger partial charge in [0.05, 0.1) is 6.16 Å². The summed E-state index contributed by atoms with van der Waals surface area (Å²) in [4.78, 5) is 21.7. The standard InChI is InChI=1S/C19H23O5P/c1-2-16(17-11-7-4-8-12-17)13-18(19(20)21)24-25(22,23)14-15-9-5-3-6-10-15/h3-12,16,18H,2,13-14H2,1H3,(H,20,21)(H,22,23). The molecule has 0 amide bonds. The Bertz CT molecular complexity index is 717. The largest absolute Gasteiger partial charge is 0.479 e. The fraction of sp³-hybridized carbons (Fsp3) is 0.316. The van der Waals surface area contributed by atoms with Crippen molar-refractivity contribution in [3.8, 4) is 0 Å². The lowest BCUT2D eigenvalue weighted by atomic mass is 9.91. The van der Waals surface area contributed by atoms with Gasteiger partial charge in [-0.05, 0) is 29.9 Å². The highest BCUT2D eigenvalue weighted by molar-refractivity contribution is 7.52. The zero-order valence-electron chi connectivity index (χ0n) is 14.1. The van der Waals surface area contributed by atoms with Crippen LogP contribution in [0.3, 0.4) is 0 Å². The van der Waals surface area contributed by atoms with Crippen LogP contribution >= 0.6 is 7.60 Å². The summed E-state index contributed by atoms with van der Waals surface area (Å²) in [6.45, 7) is 1.96. The summed E-state index contributed by atoms with van der Waals surface area (Å²) in [5, 5.41) is 9.44. The fourth-order valence-corrected chi connectivity index (χ4v) is 4.08. The Labute approximate surface area is 147 Å². The van der Waals surface area contributed by atoms with Gasteiger partial charge in [-0.3, -0.25) is 9.09 Å². The van der Waals surface area contributed by atoms with Crippen molar-refractivity contribution in [2.75, 3.05) is 0 Å². The minimum absolute atomic E-state index is 0.0565. The zero-order valence-corrected chi connectivity index (χ0v) is 15.0. The first-order chi connectivity index (χ1) is 11.9. The van der Waals surface area contributed by atoms with Crippen molar-refractivity contribution in [3.05, 3.63) is 71.8 Å². The van der Waals surface area contributed by atoms with Crippen LogP contribution in [0.2, 0.25) is 0 Å². The number of hydrogen-bond donors (Lipinski definition) is 2. The third-order valence-electron chi connectivity index (χ3n) is 4.05. The number of carboxylic acid groups (broad SMARTS) is 1. The van der Waals surface area contributed by atoms with Gasteiger partial charge < -0.3 is 10.00 Å². The number of hydrogen-bond acceptors (Lipinski definition) is 3. The Kier molecular flexibility index (Phi) is 6.94. The maximum absolute atomic E-state index is 12.4. The summed E-state index contributed by atoms with van der Waals surface area (Å²) in [6.07, 6.45) is -0.676. The molecule has 6 heteroatoms. The van der Waals surface area contributed by atoms with Crippen molar-refractivity contribution < 1.29 is 23.9 Å². The van der Waals surface area contributed by atoms with E-state index in [4.69, 9.17) is 4.52 Å². The summed E-state index contributed by atoms with van der Waals surface area (Å²) in [6, 6.07) is 18.3. The predicted octanol–water partition coefficient (Wildman–Crippen LogP) is 4.43. The van der Waals surface area contributed by atoms with E-state index in [-0.39, 0.29) is 18.5 Å². The van der Waals surface area contributed by atoms with Crippen molar-refractivity contribution >= 4 is 13.6 Å². The van der Waals surface area contributed by atoms with Gasteiger partial charge in [0, 0.05) is 0 Å². The van der Waals surface area contributed by atoms with E-state index in [0.29, 0.717) is 12.0 Å². The molecule has 0 heterocycles. The lowest BCUT2D eigenvalue weighted by Crippen LogP contribution is -2.25. The molecule has 0 saturated heterocycles. The summed E-state index contributed by atoms with van der Waals surface area (Å²) in [5.74, 6) is -1.28. The predicted molar refractivity (Wildman–Crippen MR) is 96.6 cm³/mol. The van der Waals surface area contributed by atoms with Crippen LogP contribution in [-0.2, 0) is 20.0 Å². The summed E-state index contributed by atoms with van der Waals surface area (Å²) < 4.78 is 17.5. The molecule has 0 aliphatic rings. The molecule has 0 fully saturated rings. The molecule has 2 rings (SSSR count). The molecule has 2 aromatic rings. The lowest BCUT2D eigenvalue weighted by Gasteiger charge is -2.23. The molecule has 0 bridgehead atoms. The van der Waals surface area contributed by atoms with Gasteiger partial charge in [-0.15, -0.1) is 0 Å². The van der Waals surface area contributed by atoms with Crippen molar-refractivity contribution in [3.63, 3.8) is 0 Å². The smallest absolute Gasteiger partial charge is 0.333 e. The molecular formula is C19H23O5P. The number of benzene rings is 2. The van der Waals surface area contributed by atoms with E-state index in [9.17, 15) is 19.4 Å². The van der Waals surface area contributed by atoms with Crippen molar-refractivity contribution in [1.82, 2.24) is 0 Å². The second-order valence-electron chi connectivity index (χ2n) is 5.97. The van der Waals surface area contributed by atoms with Crippen LogP contribution in [0.4, 0.5) is 0 Å². The minimum Gasteiger partial charge on any atom is -0.479 e. The van der Waals surface area contributed by atoms with Gasteiger partial charge in [0.2, 0.25) is 0 Å². The van der Waals surface area contributed by atoms with Crippen LogP contribution < -0.4 is 0 Å². The molecule has 2 N–H and O–H groups in total. The summed E-state index contributed by atoms with van der Waals surface area (Å²) >= 11 is 0. The van der Waals surface area contributed by atoms with Crippen molar-refractivity contribution in [2.45, 2.75) is 37.9 Å². The highest BCUT2D eigenvalue weighted by Gasteiger charge is 2.32. The average Bonchev–Trinajstić information content (AvgIpc) is 2.59. The maximum atomic E-state index is 12.4. The Morgan fingerprint density at radius 3 is 2.16 bits per heavy atom. The Morgan fingerprint density at radius 2 is 1.64 bits per heavy atom. The molecule has 3 unspecified atom stereocenters. The first kappa shape index (κ1) is 19.4. The van der Waals surface area contributed by atoms with Gasteiger partial charge in [0.15, 0.2) is 6.10 Å². The molecule has 0 saturated carbocycles. The van der Waals surface area contributed by atoms with Gasteiger partial charge in [-0.2, -0.15) is 0 Å². The monoisotopic (exact) mass is 362 g/mol. The molecule has 0 aliphatic heterocycles. The van der Waals surface area contributed by atoms with E-state index >= 15 is 0 Å². The van der Waals surface area contributed by atoms with E-state index in [1.165, 1.54) is 0 Å². The van der Waals surface area contributed by atoms with E-state index in [1.54, 1.807) is 30.3 Å². The summed E-state index contributed by atoms with van der Waals surface area (Å²) in [7, 11) is -4.06. The molecule has 25 heavy (non-hydrogen) atoms. The van der Waals surface area contributed by atoms with E-state index in [0.717, 1.165) is 5.56 Å². The molecule has 3 atom stereocenters. The van der Waals surface area contributed by atoms with Gasteiger partial charge in [0.25, 0.3) is 0 Å². The van der Waals surface area contributed by atoms with Crippen LogP contribution in [0.1, 0.15) is 36.8 Å². The molecule has 0 radical (unpaired) electrons. The minimum atomic E-state index is -4.06. The molecule has 134 valence electrons. The highest BCUT2D eigenvalue weighted by Crippen LogP contribution is 2.48. The lowest BCUT2D eigenvalue weighted by molar-refractivity contribution is -0.146. The molecule has 0 aromatic heterocycles. The van der Waals surface area contributed by atoms with E-state index in [1.807, 2.05) is 37.3 Å². The Morgan fingerprint density at radius 1 is 1.08 bits per heavy atom. The maximum Gasteiger partial charge on any atom is 0.333 e. The molecular weight excluding hydrogens is 339 g/mol. The number of rotatable bonds is 9. The van der Waals surface area contributed by atoms with Gasteiger partial charge in [-0.1, -0.05) is 67.6 Å². The van der Waals surface area contributed by atoms with Crippen LogP contribution in [0, 0.1) is 0 Å². The quantitative estimate of drug-likeness (QED) is 0.645. The van der Waals surface area contributed by atoms with E-state index in [2.05, 4.69) is 0 Å². The number of carboxylic acids is 1. The van der Waals surface area contributed by atoms with Crippen molar-refractivity contribution in [1.29, 1.82) is 0 Å². The third kappa shape index (κ3) is 6.13. The molecule has 0 spiro atoms. The SMILES string of the molecule is CCC(CC(OP(=O)(O)Cc1ccccc1)C(=O)O)c1ccccc1. The summed E-state index contributed by atoms with van der Waals surface area (Å²) in [5.41, 5.74) is 1.63. The van der Waals surface area contributed by atoms with Crippen LogP contribution in [0.15, 0.2) is 60.7 Å². The average molecular weight is 362 g/mol. The Balaban J connectivity index is 2.09. The first-order valence-corrected chi connectivity index (χ1v) is 9.99. The molecule has 2 aromatic carbocycles. The fourth-order valence-electron chi connectivity index (χ4n) is 2.76. The highest BCUT2D eigenvalue weighted by atomic mass is 31.2. The number of aliphatic carboxylic acids is 1. The zero-order chi connectivity index (χ0) is 18.3. The Hall–Kier alpha value is -1.94. The van der Waals surface area contributed by atoms with E-state index < -0.39 is 19.7 Å². The van der Waals surface area contributed by atoms with Gasteiger partial charge >= 0.3 is 13.6 Å². The second kappa shape index (κ2) is 8.95. The van der Waals surface area contributed by atoms with Crippen LogP contribution in [0.5, 0.6) is 0 Å². The second-order valence-corrected chi connectivity index (χ2v) is 7.77. The number of carbonyl (C=O) groups is 1. The van der Waals surface area contributed by atoms with Crippen LogP contribution in [0.25, 0.3) is 0 Å². The first-order valence-electron chi connectivity index (χ1n) is 8.23. The van der Waals surface area contributed by atoms with Crippen molar-refractivity contribution in [2.24, 2.45) is 0 Å². The van der Waals surface area contributed by atoms with Gasteiger partial charge in [0.1, 0.15) is 0 Å². The molecule has 0 aliphatic carbocycles. The third-order valence-corrected chi connectivity index (χ3v) is 5.40.